The maximum Gasteiger partial charge on any atom is 0.271 e. The molecule has 3 rings (SSSR count). The Morgan fingerprint density at radius 2 is 1.73 bits per heavy atom. The molecule has 0 aliphatic heterocycles. The molecule has 0 aliphatic carbocycles. The number of hydrogen-bond acceptors (Lipinski definition) is 7. The maximum atomic E-state index is 11.9. The zero-order valence-corrected chi connectivity index (χ0v) is 15.8. The second-order valence-corrected chi connectivity index (χ2v) is 5.96. The van der Waals surface area contributed by atoms with Gasteiger partial charge in [0.1, 0.15) is 24.7 Å². The monoisotopic (exact) mass is 406 g/mol. The van der Waals surface area contributed by atoms with Crippen LogP contribution in [-0.4, -0.2) is 35.2 Å². The summed E-state index contributed by atoms with van der Waals surface area (Å²) in [7, 11) is 0. The molecule has 1 aromatic heterocycles. The van der Waals surface area contributed by atoms with Crippen LogP contribution in [0.2, 0.25) is 0 Å². The molecule has 1 heterocycles. The topological polar surface area (TPSA) is 116 Å². The van der Waals surface area contributed by atoms with Gasteiger partial charge in [0.25, 0.3) is 11.6 Å². The minimum atomic E-state index is -0.465. The van der Waals surface area contributed by atoms with E-state index in [2.05, 4.69) is 15.5 Å². The lowest BCUT2D eigenvalue weighted by Crippen LogP contribution is -2.17. The number of benzene rings is 2. The van der Waals surface area contributed by atoms with E-state index in [4.69, 9.17) is 9.47 Å². The minimum absolute atomic E-state index is 0.00838. The number of amides is 1. The summed E-state index contributed by atoms with van der Waals surface area (Å²) in [6, 6.07) is 16.2. The van der Waals surface area contributed by atoms with Gasteiger partial charge < -0.3 is 9.47 Å². The zero-order valence-electron chi connectivity index (χ0n) is 15.8. The Bertz CT molecular complexity index is 1020. The lowest BCUT2D eigenvalue weighted by atomic mass is 10.2. The summed E-state index contributed by atoms with van der Waals surface area (Å²) < 4.78 is 11.1. The summed E-state index contributed by atoms with van der Waals surface area (Å²) in [5, 5.41) is 14.6. The SMILES string of the molecule is O=C(N/N=C\c1cccc(OCCOc2ccc([N+](=O)[O-])cc2)c1)c1ccncc1. The number of pyridine rings is 1. The quantitative estimate of drug-likeness (QED) is 0.252. The first-order valence-corrected chi connectivity index (χ1v) is 8.95. The molecule has 0 spiro atoms. The van der Waals surface area contributed by atoms with Crippen LogP contribution in [0.5, 0.6) is 11.5 Å². The average molecular weight is 406 g/mol. The molecule has 3 aromatic rings. The molecule has 9 nitrogen and oxygen atoms in total. The lowest BCUT2D eigenvalue weighted by molar-refractivity contribution is -0.384. The number of nitro groups is 1. The van der Waals surface area contributed by atoms with Crippen molar-refractivity contribution in [2.24, 2.45) is 5.10 Å². The molecule has 0 fully saturated rings. The molecule has 0 saturated carbocycles. The summed E-state index contributed by atoms with van der Waals surface area (Å²) in [6.45, 7) is 0.564. The van der Waals surface area contributed by atoms with E-state index in [1.54, 1.807) is 30.3 Å². The van der Waals surface area contributed by atoms with Crippen LogP contribution in [0.4, 0.5) is 5.69 Å². The number of hydrazone groups is 1. The average Bonchev–Trinajstić information content (AvgIpc) is 2.78. The van der Waals surface area contributed by atoms with Crippen molar-refractivity contribution in [1.82, 2.24) is 10.4 Å². The smallest absolute Gasteiger partial charge is 0.271 e. The van der Waals surface area contributed by atoms with Crippen LogP contribution >= 0.6 is 0 Å². The highest BCUT2D eigenvalue weighted by atomic mass is 16.6. The molecule has 0 atom stereocenters. The molecule has 152 valence electrons. The molecule has 0 aliphatic rings. The first-order valence-electron chi connectivity index (χ1n) is 8.95. The number of hydrogen-bond donors (Lipinski definition) is 1. The largest absolute Gasteiger partial charge is 0.490 e. The van der Waals surface area contributed by atoms with Gasteiger partial charge in [-0.3, -0.25) is 19.9 Å². The van der Waals surface area contributed by atoms with E-state index in [9.17, 15) is 14.9 Å². The fraction of sp³-hybridized carbons (Fsp3) is 0.0952. The highest BCUT2D eigenvalue weighted by Crippen LogP contribution is 2.17. The maximum absolute atomic E-state index is 11.9. The van der Waals surface area contributed by atoms with Crippen molar-refractivity contribution in [3.05, 3.63) is 94.3 Å². The Balaban J connectivity index is 1.44. The molecule has 0 bridgehead atoms. The van der Waals surface area contributed by atoms with E-state index < -0.39 is 4.92 Å². The summed E-state index contributed by atoms with van der Waals surface area (Å²) in [5.74, 6) is 0.811. The number of non-ortho nitro benzene ring substituents is 1. The highest BCUT2D eigenvalue weighted by molar-refractivity contribution is 5.94. The molecular weight excluding hydrogens is 388 g/mol. The van der Waals surface area contributed by atoms with E-state index in [1.807, 2.05) is 6.07 Å². The van der Waals surface area contributed by atoms with E-state index in [1.165, 1.54) is 42.9 Å². The molecule has 30 heavy (non-hydrogen) atoms. The van der Waals surface area contributed by atoms with Crippen molar-refractivity contribution < 1.29 is 19.2 Å². The third-order valence-corrected chi connectivity index (χ3v) is 3.85. The van der Waals surface area contributed by atoms with E-state index in [0.29, 0.717) is 17.1 Å². The zero-order chi connectivity index (χ0) is 21.2. The molecule has 9 heteroatoms. The van der Waals surface area contributed by atoms with Crippen LogP contribution in [0.1, 0.15) is 15.9 Å². The number of nitrogens with one attached hydrogen (secondary N) is 1. The first kappa shape index (κ1) is 20.5. The van der Waals surface area contributed by atoms with Crippen LogP contribution in [0.3, 0.4) is 0 Å². The summed E-state index contributed by atoms with van der Waals surface area (Å²) in [4.78, 5) is 25.9. The third kappa shape index (κ3) is 6.13. The normalized spacial score (nSPS) is 10.5. The Kier molecular flexibility index (Phi) is 7.04. The number of rotatable bonds is 9. The summed E-state index contributed by atoms with van der Waals surface area (Å²) in [5.41, 5.74) is 3.67. The Morgan fingerprint density at radius 1 is 1.03 bits per heavy atom. The van der Waals surface area contributed by atoms with E-state index >= 15 is 0 Å². The fourth-order valence-electron chi connectivity index (χ4n) is 2.40. The predicted molar refractivity (Wildman–Crippen MR) is 110 cm³/mol. The second kappa shape index (κ2) is 10.3. The minimum Gasteiger partial charge on any atom is -0.490 e. The number of aromatic nitrogens is 1. The van der Waals surface area contributed by atoms with Crippen LogP contribution in [0, 0.1) is 10.1 Å². The number of nitro benzene ring substituents is 1. The second-order valence-electron chi connectivity index (χ2n) is 5.96. The summed E-state index contributed by atoms with van der Waals surface area (Å²) >= 11 is 0. The van der Waals surface area contributed by atoms with Gasteiger partial charge in [-0.15, -0.1) is 0 Å². The number of carbonyl (C=O) groups excluding carboxylic acids is 1. The van der Waals surface area contributed by atoms with Crippen molar-refractivity contribution in [3.63, 3.8) is 0 Å². The predicted octanol–water partition coefficient (Wildman–Crippen LogP) is 3.21. The number of ether oxygens (including phenoxy) is 2. The van der Waals surface area contributed by atoms with Gasteiger partial charge in [-0.2, -0.15) is 5.10 Å². The van der Waals surface area contributed by atoms with Crippen molar-refractivity contribution >= 4 is 17.8 Å². The molecule has 1 amide bonds. The summed E-state index contributed by atoms with van der Waals surface area (Å²) in [6.07, 6.45) is 4.58. The van der Waals surface area contributed by atoms with Gasteiger partial charge in [0.15, 0.2) is 0 Å². The third-order valence-electron chi connectivity index (χ3n) is 3.85. The Hall–Kier alpha value is -4.27. The number of nitrogens with zero attached hydrogens (tertiary/aromatic N) is 3. The van der Waals surface area contributed by atoms with Crippen molar-refractivity contribution in [2.75, 3.05) is 13.2 Å². The standard InChI is InChI=1S/C21H18N4O5/c26-21(17-8-10-22-11-9-17)24-23-15-16-2-1-3-20(14-16)30-13-12-29-19-6-4-18(5-7-19)25(27)28/h1-11,14-15H,12-13H2,(H,24,26)/b23-15-. The lowest BCUT2D eigenvalue weighted by Gasteiger charge is -2.08. The molecule has 2 aromatic carbocycles. The van der Waals surface area contributed by atoms with Crippen LogP contribution in [0.15, 0.2) is 78.2 Å². The van der Waals surface area contributed by atoms with Gasteiger partial charge in [0.2, 0.25) is 0 Å². The molecule has 0 saturated heterocycles. The Labute approximate surface area is 172 Å². The highest BCUT2D eigenvalue weighted by Gasteiger charge is 2.05. The van der Waals surface area contributed by atoms with Gasteiger partial charge in [-0.05, 0) is 42.0 Å². The molecule has 1 N–H and O–H groups in total. The van der Waals surface area contributed by atoms with Crippen LogP contribution in [0.25, 0.3) is 0 Å². The van der Waals surface area contributed by atoms with Gasteiger partial charge in [0.05, 0.1) is 11.1 Å². The first-order chi connectivity index (χ1) is 14.6. The molecule has 0 unspecified atom stereocenters. The van der Waals surface area contributed by atoms with Crippen molar-refractivity contribution in [3.8, 4) is 11.5 Å². The fourth-order valence-corrected chi connectivity index (χ4v) is 2.40. The van der Waals surface area contributed by atoms with Gasteiger partial charge in [0, 0.05) is 30.1 Å². The van der Waals surface area contributed by atoms with Crippen LogP contribution < -0.4 is 14.9 Å². The van der Waals surface area contributed by atoms with Crippen molar-refractivity contribution in [2.45, 2.75) is 0 Å². The van der Waals surface area contributed by atoms with Gasteiger partial charge in [-0.25, -0.2) is 5.43 Å². The van der Waals surface area contributed by atoms with E-state index in [-0.39, 0.29) is 24.8 Å². The van der Waals surface area contributed by atoms with Gasteiger partial charge in [-0.1, -0.05) is 12.1 Å². The Morgan fingerprint density at radius 3 is 2.43 bits per heavy atom. The molecule has 0 radical (unpaired) electrons. The van der Waals surface area contributed by atoms with Crippen molar-refractivity contribution in [1.29, 1.82) is 0 Å². The molecular formula is C21H18N4O5. The van der Waals surface area contributed by atoms with Crippen LogP contribution in [-0.2, 0) is 0 Å². The van der Waals surface area contributed by atoms with Gasteiger partial charge >= 0.3 is 0 Å². The number of carbonyl (C=O) groups is 1. The van der Waals surface area contributed by atoms with E-state index in [0.717, 1.165) is 5.56 Å².